The SMILES string of the molecule is CCCCCCCCCCCCCCCCOC(=O)c1ccc([N+]#N)cc1.F[B-](F)(F)F. The van der Waals surface area contributed by atoms with Crippen LogP contribution in [0.2, 0.25) is 0 Å². The molecule has 9 heteroatoms. The molecule has 1 aromatic carbocycles. The molecule has 0 spiro atoms. The van der Waals surface area contributed by atoms with Crippen molar-refractivity contribution < 1.29 is 26.8 Å². The van der Waals surface area contributed by atoms with Gasteiger partial charge in [0.15, 0.2) is 4.98 Å². The molecule has 0 heterocycles. The summed E-state index contributed by atoms with van der Waals surface area (Å²) >= 11 is 0. The number of diazo groups is 1. The van der Waals surface area contributed by atoms with Gasteiger partial charge in [-0.3, -0.25) is 0 Å². The first kappa shape index (κ1) is 29.9. The van der Waals surface area contributed by atoms with Crippen LogP contribution in [0.3, 0.4) is 0 Å². The van der Waals surface area contributed by atoms with Crippen molar-refractivity contribution in [1.82, 2.24) is 0 Å². The van der Waals surface area contributed by atoms with Crippen molar-refractivity contribution >= 4 is 18.9 Å². The lowest BCUT2D eigenvalue weighted by Gasteiger charge is -2.05. The molecule has 0 aromatic heterocycles. The van der Waals surface area contributed by atoms with Gasteiger partial charge in [-0.05, 0) is 18.6 Å². The van der Waals surface area contributed by atoms with E-state index in [1.807, 2.05) is 0 Å². The number of nitrogens with zero attached hydrogens (tertiary/aromatic N) is 2. The van der Waals surface area contributed by atoms with E-state index in [4.69, 9.17) is 10.1 Å². The minimum atomic E-state index is -6.00. The molecule has 0 atom stereocenters. The maximum absolute atomic E-state index is 11.9. The van der Waals surface area contributed by atoms with Gasteiger partial charge in [-0.25, -0.2) is 4.79 Å². The highest BCUT2D eigenvalue weighted by Gasteiger charge is 2.20. The van der Waals surface area contributed by atoms with Crippen LogP contribution < -0.4 is 0 Å². The first-order chi connectivity index (χ1) is 15.3. The Hall–Kier alpha value is -2.11. The molecule has 0 bridgehead atoms. The fraction of sp³-hybridized carbons (Fsp3) is 0.696. The largest absolute Gasteiger partial charge is 0.673 e. The first-order valence-corrected chi connectivity index (χ1v) is 11.8. The molecule has 0 aliphatic rings. The second kappa shape index (κ2) is 19.6. The van der Waals surface area contributed by atoms with E-state index in [0.29, 0.717) is 17.9 Å². The third-order valence-corrected chi connectivity index (χ3v) is 4.95. The second-order valence-electron chi connectivity index (χ2n) is 7.87. The van der Waals surface area contributed by atoms with Crippen LogP contribution in [0.1, 0.15) is 107 Å². The van der Waals surface area contributed by atoms with Crippen molar-refractivity contribution in [2.75, 3.05) is 6.61 Å². The zero-order valence-electron chi connectivity index (χ0n) is 19.2. The zero-order valence-corrected chi connectivity index (χ0v) is 19.2. The molecule has 4 nitrogen and oxygen atoms in total. The third-order valence-electron chi connectivity index (χ3n) is 4.95. The van der Waals surface area contributed by atoms with Gasteiger partial charge in [0.05, 0.1) is 12.2 Å². The Kier molecular flexibility index (Phi) is 18.3. The summed E-state index contributed by atoms with van der Waals surface area (Å²) in [5.74, 6) is -0.311. The Labute approximate surface area is 189 Å². The Morgan fingerprint density at radius 1 is 0.781 bits per heavy atom. The average Bonchev–Trinajstić information content (AvgIpc) is 2.75. The topological polar surface area (TPSA) is 54.5 Å². The van der Waals surface area contributed by atoms with Crippen LogP contribution in [0, 0.1) is 5.39 Å². The monoisotopic (exact) mass is 460 g/mol. The van der Waals surface area contributed by atoms with Crippen molar-refractivity contribution in [1.29, 1.82) is 5.39 Å². The van der Waals surface area contributed by atoms with Crippen LogP contribution in [0.15, 0.2) is 24.3 Å². The van der Waals surface area contributed by atoms with Gasteiger partial charge in [-0.1, -0.05) is 90.4 Å². The number of unbranched alkanes of at least 4 members (excludes halogenated alkanes) is 13. The predicted molar refractivity (Wildman–Crippen MR) is 122 cm³/mol. The molecule has 0 radical (unpaired) electrons. The van der Waals surface area contributed by atoms with E-state index in [1.165, 1.54) is 77.0 Å². The molecule has 0 N–H and O–H groups in total. The van der Waals surface area contributed by atoms with E-state index in [0.717, 1.165) is 12.8 Å². The standard InChI is InChI=1S/C23H37N2O2.BF4/c1-2-3-4-5-6-7-8-9-10-11-12-13-14-15-20-27-23(26)21-16-18-22(25-24)19-17-21;2-1(3,4)5/h16-19H,2-15,20H2,1H3;/q+1;-1. The fourth-order valence-electron chi connectivity index (χ4n) is 3.21. The van der Waals surface area contributed by atoms with Crippen molar-refractivity contribution in [3.8, 4) is 0 Å². The summed E-state index contributed by atoms with van der Waals surface area (Å²) < 4.78 is 44.3. The number of ether oxygens (including phenoxy) is 1. The molecule has 32 heavy (non-hydrogen) atoms. The summed E-state index contributed by atoms with van der Waals surface area (Å²) in [5, 5.41) is 8.63. The fourth-order valence-corrected chi connectivity index (χ4v) is 3.21. The smallest absolute Gasteiger partial charge is 0.462 e. The lowest BCUT2D eigenvalue weighted by Crippen LogP contribution is -2.06. The van der Waals surface area contributed by atoms with Gasteiger partial charge in [0, 0.05) is 12.1 Å². The number of carbonyl (C=O) groups excluding carboxylic acids is 1. The van der Waals surface area contributed by atoms with Crippen LogP contribution >= 0.6 is 0 Å². The van der Waals surface area contributed by atoms with Crippen molar-refractivity contribution in [2.45, 2.75) is 96.8 Å². The van der Waals surface area contributed by atoms with Crippen LogP contribution in [-0.2, 0) is 4.74 Å². The number of carbonyl (C=O) groups is 1. The lowest BCUT2D eigenvalue weighted by molar-refractivity contribution is 0.0497. The van der Waals surface area contributed by atoms with Gasteiger partial charge in [0.2, 0.25) is 5.39 Å². The van der Waals surface area contributed by atoms with Gasteiger partial charge in [-0.2, -0.15) is 0 Å². The van der Waals surface area contributed by atoms with Gasteiger partial charge < -0.3 is 22.0 Å². The molecule has 0 fully saturated rings. The molecular weight excluding hydrogens is 423 g/mol. The third kappa shape index (κ3) is 21.1. The first-order valence-electron chi connectivity index (χ1n) is 11.8. The minimum Gasteiger partial charge on any atom is -0.462 e. The lowest BCUT2D eigenvalue weighted by atomic mass is 10.0. The molecule has 0 saturated heterocycles. The maximum atomic E-state index is 11.9. The second-order valence-corrected chi connectivity index (χ2v) is 7.87. The van der Waals surface area contributed by atoms with E-state index in [1.54, 1.807) is 24.3 Å². The van der Waals surface area contributed by atoms with E-state index >= 15 is 0 Å². The zero-order chi connectivity index (χ0) is 24.1. The van der Waals surface area contributed by atoms with E-state index in [-0.39, 0.29) is 5.97 Å². The summed E-state index contributed by atoms with van der Waals surface area (Å²) in [7, 11) is -6.00. The average molecular weight is 460 g/mol. The van der Waals surface area contributed by atoms with Gasteiger partial charge in [0.1, 0.15) is 0 Å². The molecule has 0 saturated carbocycles. The van der Waals surface area contributed by atoms with Crippen molar-refractivity contribution in [3.63, 3.8) is 0 Å². The number of rotatable bonds is 16. The Morgan fingerprint density at radius 2 is 1.16 bits per heavy atom. The van der Waals surface area contributed by atoms with Crippen LogP contribution in [0.25, 0.3) is 4.98 Å². The van der Waals surface area contributed by atoms with Gasteiger partial charge in [-0.15, -0.1) is 0 Å². The van der Waals surface area contributed by atoms with Crippen LogP contribution in [0.4, 0.5) is 23.0 Å². The summed E-state index contributed by atoms with van der Waals surface area (Å²) in [6.07, 6.45) is 18.4. The highest BCUT2D eigenvalue weighted by molar-refractivity contribution is 6.50. The molecule has 1 rings (SSSR count). The maximum Gasteiger partial charge on any atom is 0.673 e. The quantitative estimate of drug-likeness (QED) is 0.0813. The molecule has 1 aromatic rings. The number of hydrogen-bond acceptors (Lipinski definition) is 3. The highest BCUT2D eigenvalue weighted by Crippen LogP contribution is 2.15. The summed E-state index contributed by atoms with van der Waals surface area (Å²) in [6.45, 7) is 2.74. The van der Waals surface area contributed by atoms with Crippen LogP contribution in [0.5, 0.6) is 0 Å². The number of halogens is 4. The Morgan fingerprint density at radius 3 is 1.53 bits per heavy atom. The Bertz CT molecular complexity index is 628. The van der Waals surface area contributed by atoms with E-state index in [9.17, 15) is 22.1 Å². The van der Waals surface area contributed by atoms with E-state index in [2.05, 4.69) is 11.9 Å². The molecule has 0 amide bonds. The number of hydrogen-bond donors (Lipinski definition) is 0. The van der Waals surface area contributed by atoms with Crippen LogP contribution in [-0.4, -0.2) is 19.8 Å². The highest BCUT2D eigenvalue weighted by atomic mass is 19.5. The molecule has 0 aliphatic carbocycles. The normalized spacial score (nSPS) is 10.8. The number of benzene rings is 1. The summed E-state index contributed by atoms with van der Waals surface area (Å²) in [5.41, 5.74) is 0.922. The minimum absolute atomic E-state index is 0.311. The molecule has 0 aliphatic heterocycles. The molecular formula is C23H37BF4N2O2. The van der Waals surface area contributed by atoms with Crippen molar-refractivity contribution in [3.05, 3.63) is 34.8 Å². The van der Waals surface area contributed by atoms with Gasteiger partial charge in [0.25, 0.3) is 0 Å². The van der Waals surface area contributed by atoms with E-state index < -0.39 is 7.25 Å². The Balaban J connectivity index is 0.00000172. The molecule has 0 unspecified atom stereocenters. The predicted octanol–water partition coefficient (Wildman–Crippen LogP) is 9.11. The summed E-state index contributed by atoms with van der Waals surface area (Å²) in [4.78, 5) is 14.9. The summed E-state index contributed by atoms with van der Waals surface area (Å²) in [6, 6.07) is 6.40. The molecule has 182 valence electrons. The van der Waals surface area contributed by atoms with Gasteiger partial charge >= 0.3 is 18.9 Å². The van der Waals surface area contributed by atoms with Crippen molar-refractivity contribution in [2.24, 2.45) is 0 Å². The number of esters is 1.